The molecule has 1 aromatic heterocycles. The molecule has 0 atom stereocenters. The molecule has 0 aliphatic rings. The molecule has 0 saturated carbocycles. The molecule has 0 saturated heterocycles. The van der Waals surface area contributed by atoms with Crippen molar-refractivity contribution < 1.29 is 14.2 Å². The van der Waals surface area contributed by atoms with Crippen LogP contribution in [0.25, 0.3) is 11.4 Å². The molecule has 1 N–H and O–H groups in total. The third-order valence-corrected chi connectivity index (χ3v) is 3.99. The molecule has 0 radical (unpaired) electrons. The van der Waals surface area contributed by atoms with Crippen molar-refractivity contribution in [3.05, 3.63) is 52.8 Å². The third kappa shape index (κ3) is 3.45. The lowest BCUT2D eigenvalue weighted by Crippen LogP contribution is -1.98. The highest BCUT2D eigenvalue weighted by atomic mass is 32.1. The molecular weight excluding hydrogens is 352 g/mol. The van der Waals surface area contributed by atoms with Gasteiger partial charge in [-0.05, 0) is 36.5 Å². The molecule has 0 spiro atoms. The third-order valence-electron chi connectivity index (χ3n) is 3.72. The molecule has 134 valence electrons. The molecule has 0 unspecified atom stereocenters. The van der Waals surface area contributed by atoms with Gasteiger partial charge < -0.3 is 14.2 Å². The van der Waals surface area contributed by atoms with Crippen LogP contribution in [0.15, 0.2) is 47.6 Å². The monoisotopic (exact) mass is 370 g/mol. The van der Waals surface area contributed by atoms with Crippen molar-refractivity contribution in [2.45, 2.75) is 0 Å². The lowest BCUT2D eigenvalue weighted by Gasteiger charge is -2.09. The number of methoxy groups -OCH3 is 3. The Labute approximate surface area is 155 Å². The number of hydrogen-bond acceptors (Lipinski definition) is 6. The minimum atomic E-state index is 0.376. The standard InChI is InChI=1S/C18H18N4O3S/c1-23-14-8-4-6-12(10-14)17-20-21-18(26)22(17)19-11-13-7-5-9-15(24-2)16(13)25-3/h4-11H,1-3H3,(H,21,26)/b19-11+. The Bertz CT molecular complexity index is 994. The molecule has 7 nitrogen and oxygen atoms in total. The van der Waals surface area contributed by atoms with Crippen molar-refractivity contribution in [1.82, 2.24) is 14.9 Å². The topological polar surface area (TPSA) is 73.7 Å². The van der Waals surface area contributed by atoms with E-state index in [0.29, 0.717) is 22.1 Å². The molecule has 0 amide bonds. The predicted octanol–water partition coefficient (Wildman–Crippen LogP) is 3.52. The van der Waals surface area contributed by atoms with E-state index in [0.717, 1.165) is 16.9 Å². The van der Waals surface area contributed by atoms with Crippen molar-refractivity contribution in [2.24, 2.45) is 5.10 Å². The van der Waals surface area contributed by atoms with Gasteiger partial charge in [-0.1, -0.05) is 18.2 Å². The van der Waals surface area contributed by atoms with Crippen molar-refractivity contribution in [3.63, 3.8) is 0 Å². The SMILES string of the molecule is COc1cccc(-c2n[nH]c(=S)n2/N=C/c2cccc(OC)c2OC)c1. The highest BCUT2D eigenvalue weighted by molar-refractivity contribution is 7.71. The average Bonchev–Trinajstić information content (AvgIpc) is 3.06. The number of H-pyrrole nitrogens is 1. The number of aromatic nitrogens is 3. The maximum Gasteiger partial charge on any atom is 0.216 e. The first-order chi connectivity index (χ1) is 12.7. The number of benzene rings is 2. The van der Waals surface area contributed by atoms with Crippen molar-refractivity contribution in [1.29, 1.82) is 0 Å². The van der Waals surface area contributed by atoms with E-state index in [1.165, 1.54) is 0 Å². The van der Waals surface area contributed by atoms with Gasteiger partial charge in [0, 0.05) is 11.1 Å². The van der Waals surface area contributed by atoms with E-state index in [9.17, 15) is 0 Å². The van der Waals surface area contributed by atoms with Crippen LogP contribution in [0.2, 0.25) is 0 Å². The highest BCUT2D eigenvalue weighted by Gasteiger charge is 2.11. The molecule has 8 heteroatoms. The number of rotatable bonds is 6. The van der Waals surface area contributed by atoms with Gasteiger partial charge in [0.2, 0.25) is 4.77 Å². The summed E-state index contributed by atoms with van der Waals surface area (Å²) in [5.74, 6) is 2.52. The van der Waals surface area contributed by atoms with Gasteiger partial charge in [-0.2, -0.15) is 14.9 Å². The van der Waals surface area contributed by atoms with Crippen LogP contribution in [0.4, 0.5) is 0 Å². The zero-order valence-electron chi connectivity index (χ0n) is 14.6. The first kappa shape index (κ1) is 17.7. The van der Waals surface area contributed by atoms with Gasteiger partial charge in [0.05, 0.1) is 27.5 Å². The zero-order valence-corrected chi connectivity index (χ0v) is 15.4. The Morgan fingerprint density at radius 2 is 1.88 bits per heavy atom. The molecule has 0 aliphatic heterocycles. The second-order valence-electron chi connectivity index (χ2n) is 5.22. The molecule has 3 rings (SSSR count). The zero-order chi connectivity index (χ0) is 18.5. The van der Waals surface area contributed by atoms with Crippen LogP contribution in [-0.2, 0) is 0 Å². The summed E-state index contributed by atoms with van der Waals surface area (Å²) in [6, 6.07) is 13.1. The summed E-state index contributed by atoms with van der Waals surface area (Å²) in [5.41, 5.74) is 1.58. The number of hydrogen-bond donors (Lipinski definition) is 1. The molecular formula is C18H18N4O3S. The summed E-state index contributed by atoms with van der Waals surface area (Å²) in [7, 11) is 4.79. The Hall–Kier alpha value is -3.13. The number of nitrogens with zero attached hydrogens (tertiary/aromatic N) is 3. The van der Waals surface area contributed by atoms with Gasteiger partial charge in [0.25, 0.3) is 0 Å². The maximum absolute atomic E-state index is 5.42. The maximum atomic E-state index is 5.42. The molecule has 0 aliphatic carbocycles. The molecule has 0 bridgehead atoms. The van der Waals surface area contributed by atoms with E-state index in [4.69, 9.17) is 26.4 Å². The van der Waals surface area contributed by atoms with Gasteiger partial charge in [0.15, 0.2) is 17.3 Å². The van der Waals surface area contributed by atoms with Crippen molar-refractivity contribution in [3.8, 4) is 28.6 Å². The van der Waals surface area contributed by atoms with Gasteiger partial charge >= 0.3 is 0 Å². The lowest BCUT2D eigenvalue weighted by atomic mass is 10.2. The van der Waals surface area contributed by atoms with Gasteiger partial charge in [-0.3, -0.25) is 0 Å². The molecule has 1 heterocycles. The Balaban J connectivity index is 2.03. The number of aromatic amines is 1. The van der Waals surface area contributed by atoms with Crippen molar-refractivity contribution >= 4 is 18.4 Å². The Morgan fingerprint density at radius 1 is 1.08 bits per heavy atom. The smallest absolute Gasteiger partial charge is 0.216 e. The normalized spacial score (nSPS) is 10.9. The van der Waals surface area contributed by atoms with Crippen LogP contribution in [0.3, 0.4) is 0 Å². The minimum absolute atomic E-state index is 0.376. The molecule has 0 fully saturated rings. The van der Waals surface area contributed by atoms with E-state index in [-0.39, 0.29) is 0 Å². The summed E-state index contributed by atoms with van der Waals surface area (Å²) < 4.78 is 17.9. The van der Waals surface area contributed by atoms with E-state index in [2.05, 4.69) is 15.3 Å². The number of para-hydroxylation sites is 1. The average molecular weight is 370 g/mol. The fraction of sp³-hybridized carbons (Fsp3) is 0.167. The number of nitrogens with one attached hydrogen (secondary N) is 1. The first-order valence-corrected chi connectivity index (χ1v) is 8.16. The van der Waals surface area contributed by atoms with Gasteiger partial charge in [-0.25, -0.2) is 5.10 Å². The van der Waals surface area contributed by atoms with Crippen LogP contribution in [0, 0.1) is 4.77 Å². The van der Waals surface area contributed by atoms with Crippen LogP contribution >= 0.6 is 12.2 Å². The van der Waals surface area contributed by atoms with Crippen LogP contribution < -0.4 is 14.2 Å². The minimum Gasteiger partial charge on any atom is -0.497 e. The Kier molecular flexibility index (Phi) is 5.33. The van der Waals surface area contributed by atoms with E-state index >= 15 is 0 Å². The fourth-order valence-corrected chi connectivity index (χ4v) is 2.66. The van der Waals surface area contributed by atoms with Gasteiger partial charge in [-0.15, -0.1) is 0 Å². The summed E-state index contributed by atoms with van der Waals surface area (Å²) in [6.45, 7) is 0. The second kappa shape index (κ2) is 7.83. The van der Waals surface area contributed by atoms with Crippen molar-refractivity contribution in [2.75, 3.05) is 21.3 Å². The summed E-state index contributed by atoms with van der Waals surface area (Å²) >= 11 is 5.30. The molecule has 2 aromatic carbocycles. The number of ether oxygens (including phenoxy) is 3. The Morgan fingerprint density at radius 3 is 2.62 bits per heavy atom. The second-order valence-corrected chi connectivity index (χ2v) is 5.61. The molecule has 26 heavy (non-hydrogen) atoms. The summed E-state index contributed by atoms with van der Waals surface area (Å²) in [6.07, 6.45) is 1.65. The van der Waals surface area contributed by atoms with Crippen LogP contribution in [-0.4, -0.2) is 42.4 Å². The quantitative estimate of drug-likeness (QED) is 0.531. The molecule has 3 aromatic rings. The largest absolute Gasteiger partial charge is 0.497 e. The summed E-state index contributed by atoms with van der Waals surface area (Å²) in [4.78, 5) is 0. The first-order valence-electron chi connectivity index (χ1n) is 7.75. The van der Waals surface area contributed by atoms with Gasteiger partial charge in [0.1, 0.15) is 5.75 Å². The predicted molar refractivity (Wildman–Crippen MR) is 102 cm³/mol. The van der Waals surface area contributed by atoms with Crippen LogP contribution in [0.1, 0.15) is 5.56 Å². The summed E-state index contributed by atoms with van der Waals surface area (Å²) in [5, 5.41) is 11.5. The van der Waals surface area contributed by atoms with E-state index in [1.54, 1.807) is 32.2 Å². The van der Waals surface area contributed by atoms with E-state index in [1.807, 2.05) is 42.5 Å². The van der Waals surface area contributed by atoms with E-state index < -0.39 is 0 Å². The highest BCUT2D eigenvalue weighted by Crippen LogP contribution is 2.29. The van der Waals surface area contributed by atoms with Crippen LogP contribution in [0.5, 0.6) is 17.2 Å². The fourth-order valence-electron chi connectivity index (χ4n) is 2.48. The lowest BCUT2D eigenvalue weighted by molar-refractivity contribution is 0.354.